The van der Waals surface area contributed by atoms with Crippen molar-refractivity contribution in [1.82, 2.24) is 4.72 Å². The summed E-state index contributed by atoms with van der Waals surface area (Å²) in [6.07, 6.45) is 0. The number of halogens is 1. The topological polar surface area (TPSA) is 104 Å². The molecule has 2 rings (SSSR count). The highest BCUT2D eigenvalue weighted by atomic mass is 79.9. The molecule has 3 N–H and O–H groups in total. The molecule has 0 aliphatic carbocycles. The van der Waals surface area contributed by atoms with Crippen molar-refractivity contribution < 1.29 is 23.4 Å². The fourth-order valence-corrected chi connectivity index (χ4v) is 3.48. The molecule has 0 bridgehead atoms. The fourth-order valence-electron chi connectivity index (χ4n) is 1.97. The first-order valence-electron chi connectivity index (χ1n) is 6.51. The summed E-state index contributed by atoms with van der Waals surface area (Å²) in [4.78, 5) is 11.4. The molecule has 8 heteroatoms. The van der Waals surface area contributed by atoms with Gasteiger partial charge in [0.25, 0.3) is 0 Å². The molecule has 1 unspecified atom stereocenters. The van der Waals surface area contributed by atoms with Crippen LogP contribution in [0, 0.1) is 6.92 Å². The lowest BCUT2D eigenvalue weighted by Gasteiger charge is -2.16. The normalized spacial score (nSPS) is 12.8. The van der Waals surface area contributed by atoms with Crippen LogP contribution < -0.4 is 4.72 Å². The van der Waals surface area contributed by atoms with Gasteiger partial charge in [-0.2, -0.15) is 4.72 Å². The minimum absolute atomic E-state index is 0.0374. The van der Waals surface area contributed by atoms with Crippen LogP contribution in [0.5, 0.6) is 5.75 Å². The predicted molar refractivity (Wildman–Crippen MR) is 87.7 cm³/mol. The van der Waals surface area contributed by atoms with Crippen LogP contribution in [0.1, 0.15) is 17.2 Å². The third-order valence-electron chi connectivity index (χ3n) is 3.16. The summed E-state index contributed by atoms with van der Waals surface area (Å²) in [5, 5.41) is 18.8. The van der Waals surface area contributed by atoms with Crippen LogP contribution in [0.3, 0.4) is 0 Å². The zero-order valence-corrected chi connectivity index (χ0v) is 14.4. The van der Waals surface area contributed by atoms with E-state index in [1.807, 2.05) is 0 Å². The monoisotopic (exact) mass is 399 g/mol. The Labute approximate surface area is 142 Å². The lowest BCUT2D eigenvalue weighted by Crippen LogP contribution is -2.33. The van der Waals surface area contributed by atoms with Crippen LogP contribution in [-0.2, 0) is 14.8 Å². The van der Waals surface area contributed by atoms with E-state index in [0.717, 1.165) is 4.47 Å². The molecule has 0 aromatic heterocycles. The van der Waals surface area contributed by atoms with E-state index in [1.165, 1.54) is 36.4 Å². The van der Waals surface area contributed by atoms with Gasteiger partial charge in [-0.3, -0.25) is 4.79 Å². The van der Waals surface area contributed by atoms with Crippen molar-refractivity contribution in [3.05, 3.63) is 58.1 Å². The number of phenols is 1. The van der Waals surface area contributed by atoms with Crippen molar-refractivity contribution in [2.24, 2.45) is 0 Å². The fraction of sp³-hybridized carbons (Fsp3) is 0.133. The Morgan fingerprint density at radius 1 is 1.22 bits per heavy atom. The molecule has 0 fully saturated rings. The van der Waals surface area contributed by atoms with Gasteiger partial charge < -0.3 is 10.2 Å². The molecule has 0 heterocycles. The molecule has 0 radical (unpaired) electrons. The molecule has 0 spiro atoms. The van der Waals surface area contributed by atoms with E-state index in [9.17, 15) is 23.4 Å². The van der Waals surface area contributed by atoms with Gasteiger partial charge in [-0.1, -0.05) is 28.1 Å². The molecular weight excluding hydrogens is 386 g/mol. The van der Waals surface area contributed by atoms with E-state index >= 15 is 0 Å². The predicted octanol–water partition coefficient (Wildman–Crippen LogP) is 2.57. The number of aryl methyl sites for hydroxylation is 1. The van der Waals surface area contributed by atoms with Crippen molar-refractivity contribution in [3.8, 4) is 5.75 Å². The Morgan fingerprint density at radius 2 is 1.91 bits per heavy atom. The third kappa shape index (κ3) is 4.10. The molecule has 0 saturated heterocycles. The van der Waals surface area contributed by atoms with Crippen molar-refractivity contribution in [2.45, 2.75) is 17.9 Å². The maximum Gasteiger partial charge on any atom is 0.326 e. The summed E-state index contributed by atoms with van der Waals surface area (Å²) < 4.78 is 27.7. The van der Waals surface area contributed by atoms with E-state index in [4.69, 9.17) is 0 Å². The van der Waals surface area contributed by atoms with E-state index in [0.29, 0.717) is 5.56 Å². The van der Waals surface area contributed by atoms with E-state index in [2.05, 4.69) is 20.7 Å². The van der Waals surface area contributed by atoms with Gasteiger partial charge in [0.1, 0.15) is 11.8 Å². The number of hydrogen-bond donors (Lipinski definition) is 3. The largest absolute Gasteiger partial charge is 0.508 e. The number of rotatable bonds is 5. The Balaban J connectivity index is 2.39. The maximum atomic E-state index is 12.4. The van der Waals surface area contributed by atoms with Gasteiger partial charge in [0, 0.05) is 4.47 Å². The summed E-state index contributed by atoms with van der Waals surface area (Å²) in [6, 6.07) is 8.33. The summed E-state index contributed by atoms with van der Waals surface area (Å²) in [6.45, 7) is 1.73. The highest BCUT2D eigenvalue weighted by Crippen LogP contribution is 2.23. The quantitative estimate of drug-likeness (QED) is 0.716. The lowest BCUT2D eigenvalue weighted by molar-refractivity contribution is -0.139. The highest BCUT2D eigenvalue weighted by Gasteiger charge is 2.27. The van der Waals surface area contributed by atoms with E-state index in [1.54, 1.807) is 13.0 Å². The van der Waals surface area contributed by atoms with Gasteiger partial charge >= 0.3 is 5.97 Å². The number of sulfonamides is 1. The average Bonchev–Trinajstić information content (AvgIpc) is 2.47. The third-order valence-corrected chi connectivity index (χ3v) is 5.47. The number of carbonyl (C=O) groups is 1. The van der Waals surface area contributed by atoms with Crippen LogP contribution in [0.15, 0.2) is 51.8 Å². The highest BCUT2D eigenvalue weighted by molar-refractivity contribution is 9.10. The Morgan fingerprint density at radius 3 is 2.48 bits per heavy atom. The molecule has 2 aromatic rings. The van der Waals surface area contributed by atoms with Crippen LogP contribution in [-0.4, -0.2) is 24.6 Å². The number of benzene rings is 2. The van der Waals surface area contributed by atoms with Crippen molar-refractivity contribution >= 4 is 31.9 Å². The Hall–Kier alpha value is -1.90. The molecular formula is C15H14BrNO5S. The van der Waals surface area contributed by atoms with Gasteiger partial charge in [-0.15, -0.1) is 0 Å². The van der Waals surface area contributed by atoms with Gasteiger partial charge in [0.15, 0.2) is 0 Å². The first-order valence-corrected chi connectivity index (χ1v) is 8.78. The van der Waals surface area contributed by atoms with Crippen LogP contribution in [0.4, 0.5) is 0 Å². The maximum absolute atomic E-state index is 12.4. The zero-order valence-electron chi connectivity index (χ0n) is 12.0. The molecule has 0 saturated carbocycles. The minimum Gasteiger partial charge on any atom is -0.508 e. The first-order chi connectivity index (χ1) is 10.7. The summed E-state index contributed by atoms with van der Waals surface area (Å²) in [7, 11) is -4.04. The molecule has 0 aliphatic rings. The molecule has 0 amide bonds. The second-order valence-electron chi connectivity index (χ2n) is 4.90. The molecule has 2 aromatic carbocycles. The van der Waals surface area contributed by atoms with Crippen LogP contribution >= 0.6 is 15.9 Å². The smallest absolute Gasteiger partial charge is 0.326 e. The van der Waals surface area contributed by atoms with Crippen molar-refractivity contribution in [1.29, 1.82) is 0 Å². The van der Waals surface area contributed by atoms with Crippen molar-refractivity contribution in [3.63, 3.8) is 0 Å². The van der Waals surface area contributed by atoms with Gasteiger partial charge in [0.05, 0.1) is 4.90 Å². The summed E-state index contributed by atoms with van der Waals surface area (Å²) >= 11 is 3.28. The zero-order chi connectivity index (χ0) is 17.2. The molecule has 122 valence electrons. The Kier molecular flexibility index (Phi) is 5.08. The Bertz CT molecular complexity index is 851. The van der Waals surface area contributed by atoms with E-state index < -0.39 is 22.0 Å². The molecule has 0 aliphatic heterocycles. The standard InChI is InChI=1S/C15H14BrNO5S/c1-9-7-12(5-6-13(9)16)23(21,22)17-14(15(19)20)10-3-2-4-11(18)8-10/h2-8,14,17-18H,1H3,(H,19,20). The van der Waals surface area contributed by atoms with Crippen molar-refractivity contribution in [2.75, 3.05) is 0 Å². The summed E-state index contributed by atoms with van der Waals surface area (Å²) in [5.74, 6) is -1.51. The minimum atomic E-state index is -4.04. The van der Waals surface area contributed by atoms with Gasteiger partial charge in [0.2, 0.25) is 10.0 Å². The second-order valence-corrected chi connectivity index (χ2v) is 7.47. The van der Waals surface area contributed by atoms with Gasteiger partial charge in [-0.05, 0) is 48.4 Å². The number of nitrogens with one attached hydrogen (secondary N) is 1. The number of phenolic OH excluding ortho intramolecular Hbond substituents is 1. The van der Waals surface area contributed by atoms with Gasteiger partial charge in [-0.25, -0.2) is 8.42 Å². The molecule has 6 nitrogen and oxygen atoms in total. The van der Waals surface area contributed by atoms with E-state index in [-0.39, 0.29) is 16.2 Å². The lowest BCUT2D eigenvalue weighted by atomic mass is 10.1. The average molecular weight is 400 g/mol. The summed E-state index contributed by atoms with van der Waals surface area (Å²) in [5.41, 5.74) is 0.840. The number of carboxylic acids is 1. The van der Waals surface area contributed by atoms with Crippen LogP contribution in [0.2, 0.25) is 0 Å². The molecule has 23 heavy (non-hydrogen) atoms. The number of aliphatic carboxylic acids is 1. The molecule has 1 atom stereocenters. The first kappa shape index (κ1) is 17.5. The van der Waals surface area contributed by atoms with Crippen LogP contribution in [0.25, 0.3) is 0 Å². The SMILES string of the molecule is Cc1cc(S(=O)(=O)NC(C(=O)O)c2cccc(O)c2)ccc1Br. The second kappa shape index (κ2) is 6.69. The number of carboxylic acid groups (broad SMARTS) is 1. The number of aromatic hydroxyl groups is 1. The number of hydrogen-bond acceptors (Lipinski definition) is 4.